The predicted molar refractivity (Wildman–Crippen MR) is 92.9 cm³/mol. The Kier molecular flexibility index (Phi) is 4.26. The molecule has 0 bridgehead atoms. The van der Waals surface area contributed by atoms with Crippen molar-refractivity contribution in [1.29, 1.82) is 0 Å². The van der Waals surface area contributed by atoms with Crippen LogP contribution in [0.1, 0.15) is 11.3 Å². The van der Waals surface area contributed by atoms with Crippen molar-refractivity contribution in [2.24, 2.45) is 0 Å². The van der Waals surface area contributed by atoms with Gasteiger partial charge in [0.15, 0.2) is 0 Å². The molecule has 0 unspecified atom stereocenters. The van der Waals surface area contributed by atoms with E-state index in [-0.39, 0.29) is 0 Å². The largest absolute Gasteiger partial charge is 0.284 e. The van der Waals surface area contributed by atoms with Gasteiger partial charge < -0.3 is 0 Å². The Morgan fingerprint density at radius 2 is 1.73 bits per heavy atom. The molecule has 2 aromatic heterocycles. The normalized spacial score (nSPS) is 11.0. The van der Waals surface area contributed by atoms with E-state index in [1.165, 1.54) is 0 Å². The summed E-state index contributed by atoms with van der Waals surface area (Å²) in [6.07, 6.45) is 9.77. The molecule has 0 saturated carbocycles. The number of benzene rings is 1. The number of anilines is 1. The average molecular weight is 310 g/mol. The summed E-state index contributed by atoms with van der Waals surface area (Å²) < 4.78 is 2.09. The molecule has 0 atom stereocenters. The number of hydrogen-bond donors (Lipinski definition) is 0. The van der Waals surface area contributed by atoms with Crippen molar-refractivity contribution >= 4 is 29.4 Å². The van der Waals surface area contributed by atoms with Crippen molar-refractivity contribution < 1.29 is 0 Å². The third-order valence-corrected chi connectivity index (χ3v) is 3.69. The van der Waals surface area contributed by atoms with Crippen LogP contribution in [0.25, 0.3) is 12.2 Å². The monoisotopic (exact) mass is 309 g/mol. The molecule has 0 fully saturated rings. The Labute approximate surface area is 135 Å². The van der Waals surface area contributed by atoms with Crippen LogP contribution < -0.4 is 5.01 Å². The van der Waals surface area contributed by atoms with Gasteiger partial charge in [0.1, 0.15) is 0 Å². The SMILES string of the molecule is CN(c1ccncc1)n1cccc1C=Cc1ccc(Cl)cc1. The van der Waals surface area contributed by atoms with E-state index in [4.69, 9.17) is 11.6 Å². The number of hydrogen-bond acceptors (Lipinski definition) is 2. The van der Waals surface area contributed by atoms with Gasteiger partial charge in [0.2, 0.25) is 0 Å². The molecule has 1 aromatic carbocycles. The van der Waals surface area contributed by atoms with Crippen LogP contribution in [0.15, 0.2) is 67.1 Å². The second-order valence-corrected chi connectivity index (χ2v) is 5.33. The van der Waals surface area contributed by atoms with Gasteiger partial charge in [-0.15, -0.1) is 0 Å². The summed E-state index contributed by atoms with van der Waals surface area (Å²) in [6.45, 7) is 0. The van der Waals surface area contributed by atoms with Crippen molar-refractivity contribution in [3.63, 3.8) is 0 Å². The molecule has 3 aromatic rings. The van der Waals surface area contributed by atoms with E-state index in [0.29, 0.717) is 0 Å². The molecule has 110 valence electrons. The van der Waals surface area contributed by atoms with E-state index >= 15 is 0 Å². The Balaban J connectivity index is 1.84. The molecule has 3 nitrogen and oxygen atoms in total. The molecular weight excluding hydrogens is 294 g/mol. The van der Waals surface area contributed by atoms with E-state index in [0.717, 1.165) is 22.0 Å². The maximum absolute atomic E-state index is 5.91. The second kappa shape index (κ2) is 6.50. The molecule has 0 radical (unpaired) electrons. The summed E-state index contributed by atoms with van der Waals surface area (Å²) >= 11 is 5.91. The van der Waals surface area contributed by atoms with E-state index in [1.54, 1.807) is 12.4 Å². The number of nitrogens with zero attached hydrogens (tertiary/aromatic N) is 3. The molecule has 0 amide bonds. The minimum atomic E-state index is 0.748. The molecule has 0 spiro atoms. The first-order chi connectivity index (χ1) is 10.7. The Hall–Kier alpha value is -2.52. The van der Waals surface area contributed by atoms with E-state index < -0.39 is 0 Å². The molecular formula is C18H16ClN3. The molecule has 0 aliphatic heterocycles. The summed E-state index contributed by atoms with van der Waals surface area (Å²) in [5.41, 5.74) is 3.28. The maximum atomic E-state index is 5.91. The van der Waals surface area contributed by atoms with Gasteiger partial charge in [0.05, 0.1) is 11.4 Å². The van der Waals surface area contributed by atoms with Crippen LogP contribution in [0.2, 0.25) is 5.02 Å². The van der Waals surface area contributed by atoms with Crippen LogP contribution in [0, 0.1) is 0 Å². The molecule has 0 aliphatic rings. The minimum absolute atomic E-state index is 0.748. The van der Waals surface area contributed by atoms with Gasteiger partial charge in [-0.2, -0.15) is 0 Å². The highest BCUT2D eigenvalue weighted by Crippen LogP contribution is 2.17. The quantitative estimate of drug-likeness (QED) is 0.702. The van der Waals surface area contributed by atoms with E-state index in [9.17, 15) is 0 Å². The third-order valence-electron chi connectivity index (χ3n) is 3.43. The van der Waals surface area contributed by atoms with Crippen LogP contribution >= 0.6 is 11.6 Å². The zero-order chi connectivity index (χ0) is 15.4. The number of halogens is 1. The molecule has 22 heavy (non-hydrogen) atoms. The zero-order valence-corrected chi connectivity index (χ0v) is 13.0. The molecule has 3 rings (SSSR count). The average Bonchev–Trinajstić information content (AvgIpc) is 3.03. The van der Waals surface area contributed by atoms with Gasteiger partial charge in [-0.25, -0.2) is 0 Å². The van der Waals surface area contributed by atoms with Gasteiger partial charge >= 0.3 is 0 Å². The maximum Gasteiger partial charge on any atom is 0.0626 e. The van der Waals surface area contributed by atoms with Gasteiger partial charge in [-0.05, 0) is 48.0 Å². The topological polar surface area (TPSA) is 21.1 Å². The highest BCUT2D eigenvalue weighted by Gasteiger charge is 2.05. The van der Waals surface area contributed by atoms with Crippen molar-refractivity contribution in [2.45, 2.75) is 0 Å². The van der Waals surface area contributed by atoms with Crippen molar-refractivity contribution in [3.8, 4) is 0 Å². The van der Waals surface area contributed by atoms with Crippen molar-refractivity contribution in [1.82, 2.24) is 9.66 Å². The predicted octanol–water partition coefficient (Wildman–Crippen LogP) is 4.61. The summed E-state index contributed by atoms with van der Waals surface area (Å²) in [6, 6.07) is 15.8. The lowest BCUT2D eigenvalue weighted by Crippen LogP contribution is -2.24. The van der Waals surface area contributed by atoms with Crippen LogP contribution in [-0.4, -0.2) is 16.7 Å². The Morgan fingerprint density at radius 3 is 2.45 bits per heavy atom. The van der Waals surface area contributed by atoms with Gasteiger partial charge in [-0.3, -0.25) is 14.7 Å². The first-order valence-corrected chi connectivity index (χ1v) is 7.37. The second-order valence-electron chi connectivity index (χ2n) is 4.89. The summed E-state index contributed by atoms with van der Waals surface area (Å²) in [4.78, 5) is 4.05. The first kappa shape index (κ1) is 14.4. The van der Waals surface area contributed by atoms with Crippen LogP contribution in [0.4, 0.5) is 5.69 Å². The summed E-state index contributed by atoms with van der Waals surface area (Å²) in [7, 11) is 2.02. The smallest absolute Gasteiger partial charge is 0.0626 e. The fourth-order valence-corrected chi connectivity index (χ4v) is 2.36. The lowest BCUT2D eigenvalue weighted by Gasteiger charge is -2.22. The lowest BCUT2D eigenvalue weighted by atomic mass is 10.2. The standard InChI is InChI=1S/C18H16ClN3/c1-21(17-10-12-20-13-11-17)22-14-2-3-18(22)9-6-15-4-7-16(19)8-5-15/h2-14H,1H3. The van der Waals surface area contributed by atoms with E-state index in [1.807, 2.05) is 55.7 Å². The molecule has 0 N–H and O–H groups in total. The Bertz CT molecular complexity index is 761. The number of rotatable bonds is 4. The first-order valence-electron chi connectivity index (χ1n) is 6.99. The van der Waals surface area contributed by atoms with Crippen LogP contribution in [0.5, 0.6) is 0 Å². The van der Waals surface area contributed by atoms with Crippen LogP contribution in [0.3, 0.4) is 0 Å². The Morgan fingerprint density at radius 1 is 1.00 bits per heavy atom. The van der Waals surface area contributed by atoms with Gasteiger partial charge in [0.25, 0.3) is 0 Å². The molecule has 0 saturated heterocycles. The fourth-order valence-electron chi connectivity index (χ4n) is 2.23. The highest BCUT2D eigenvalue weighted by molar-refractivity contribution is 6.30. The summed E-state index contributed by atoms with van der Waals surface area (Å²) in [5, 5.41) is 2.82. The number of aromatic nitrogens is 2. The molecule has 4 heteroatoms. The van der Waals surface area contributed by atoms with Gasteiger partial charge in [0, 0.05) is 30.7 Å². The lowest BCUT2D eigenvalue weighted by molar-refractivity contribution is 0.772. The van der Waals surface area contributed by atoms with Crippen molar-refractivity contribution in [3.05, 3.63) is 83.4 Å². The summed E-state index contributed by atoms with van der Waals surface area (Å²) in [5.74, 6) is 0. The fraction of sp³-hybridized carbons (Fsp3) is 0.0556. The molecule has 0 aliphatic carbocycles. The number of pyridine rings is 1. The minimum Gasteiger partial charge on any atom is -0.284 e. The van der Waals surface area contributed by atoms with Crippen LogP contribution in [-0.2, 0) is 0 Å². The molecule has 2 heterocycles. The zero-order valence-electron chi connectivity index (χ0n) is 12.2. The third kappa shape index (κ3) is 3.21. The van der Waals surface area contributed by atoms with E-state index in [2.05, 4.69) is 32.9 Å². The van der Waals surface area contributed by atoms with Gasteiger partial charge in [-0.1, -0.05) is 29.8 Å². The van der Waals surface area contributed by atoms with Crippen molar-refractivity contribution in [2.75, 3.05) is 12.1 Å². The highest BCUT2D eigenvalue weighted by atomic mass is 35.5.